The molecule has 33 heavy (non-hydrogen) atoms. The molecule has 3 aromatic carbocycles. The predicted octanol–water partition coefficient (Wildman–Crippen LogP) is 4.53. The van der Waals surface area contributed by atoms with Gasteiger partial charge in [0, 0.05) is 17.5 Å². The van der Waals surface area contributed by atoms with Crippen LogP contribution in [0.4, 0.5) is 4.79 Å². The summed E-state index contributed by atoms with van der Waals surface area (Å²) in [6, 6.07) is 24.8. The molecule has 0 bridgehead atoms. The van der Waals surface area contributed by atoms with Crippen molar-refractivity contribution < 1.29 is 23.4 Å². The number of carbonyl (C=O) groups is 1. The summed E-state index contributed by atoms with van der Waals surface area (Å²) in [6.45, 7) is 2.08. The third-order valence-electron chi connectivity index (χ3n) is 5.67. The van der Waals surface area contributed by atoms with Gasteiger partial charge in [-0.3, -0.25) is 0 Å². The second kappa shape index (κ2) is 9.05. The van der Waals surface area contributed by atoms with Crippen LogP contribution in [0.15, 0.2) is 83.8 Å². The minimum Gasteiger partial charge on any atom is -0.450 e. The molecular weight excluding hydrogens is 442 g/mol. The summed E-state index contributed by atoms with van der Waals surface area (Å²) < 4.78 is 28.8. The SMILES string of the molecule is C[C@H]1[C@H](NS(=O)(=O)c2ccc3nc(-c4ccccc4)[nH]c3c2)[C@H]1c1ccccc1.O=C(O)O. The third kappa shape index (κ3) is 5.05. The van der Waals surface area contributed by atoms with Gasteiger partial charge in [0.15, 0.2) is 0 Å². The average molecular weight is 466 g/mol. The summed E-state index contributed by atoms with van der Waals surface area (Å²) >= 11 is 0. The first-order chi connectivity index (χ1) is 15.8. The van der Waals surface area contributed by atoms with E-state index in [-0.39, 0.29) is 22.8 Å². The second-order valence-corrected chi connectivity index (χ2v) is 9.57. The van der Waals surface area contributed by atoms with Crippen molar-refractivity contribution >= 4 is 27.2 Å². The number of nitrogens with one attached hydrogen (secondary N) is 2. The molecule has 1 aliphatic carbocycles. The Morgan fingerprint density at radius 2 is 1.58 bits per heavy atom. The van der Waals surface area contributed by atoms with Gasteiger partial charge < -0.3 is 15.2 Å². The summed E-state index contributed by atoms with van der Waals surface area (Å²) in [7, 11) is -3.62. The van der Waals surface area contributed by atoms with Crippen LogP contribution in [-0.2, 0) is 10.0 Å². The lowest BCUT2D eigenvalue weighted by Crippen LogP contribution is -2.27. The molecule has 0 spiro atoms. The molecule has 4 aromatic rings. The fourth-order valence-corrected chi connectivity index (χ4v) is 5.34. The highest BCUT2D eigenvalue weighted by atomic mass is 32.2. The number of aromatic nitrogens is 2. The van der Waals surface area contributed by atoms with E-state index in [9.17, 15) is 8.42 Å². The lowest BCUT2D eigenvalue weighted by Gasteiger charge is -2.07. The molecule has 5 rings (SSSR count). The number of hydrogen-bond donors (Lipinski definition) is 4. The van der Waals surface area contributed by atoms with Crippen molar-refractivity contribution in [1.29, 1.82) is 0 Å². The van der Waals surface area contributed by atoms with Gasteiger partial charge in [-0.05, 0) is 29.7 Å². The number of hydrogen-bond acceptors (Lipinski definition) is 4. The van der Waals surface area contributed by atoms with Crippen LogP contribution >= 0.6 is 0 Å². The van der Waals surface area contributed by atoms with E-state index < -0.39 is 16.2 Å². The van der Waals surface area contributed by atoms with Crippen LogP contribution in [0.5, 0.6) is 0 Å². The number of nitrogens with zero attached hydrogens (tertiary/aromatic N) is 1. The summed E-state index contributed by atoms with van der Waals surface area (Å²) in [6.07, 6.45) is -1.83. The van der Waals surface area contributed by atoms with Crippen molar-refractivity contribution in [1.82, 2.24) is 14.7 Å². The van der Waals surface area contributed by atoms with Crippen molar-refractivity contribution in [3.8, 4) is 11.4 Å². The monoisotopic (exact) mass is 465 g/mol. The van der Waals surface area contributed by atoms with Crippen LogP contribution in [0.1, 0.15) is 18.4 Å². The minimum absolute atomic E-state index is 0.0836. The molecule has 0 saturated heterocycles. The molecule has 170 valence electrons. The summed E-state index contributed by atoms with van der Waals surface area (Å²) in [5, 5.41) is 13.9. The van der Waals surface area contributed by atoms with Gasteiger partial charge in [0.05, 0.1) is 15.9 Å². The lowest BCUT2D eigenvalue weighted by atomic mass is 10.1. The van der Waals surface area contributed by atoms with Gasteiger partial charge in [-0.1, -0.05) is 67.6 Å². The zero-order chi connectivity index (χ0) is 23.6. The number of H-pyrrole nitrogens is 1. The van der Waals surface area contributed by atoms with Gasteiger partial charge >= 0.3 is 6.16 Å². The molecule has 3 atom stereocenters. The molecule has 1 saturated carbocycles. The Morgan fingerprint density at radius 3 is 2.21 bits per heavy atom. The normalized spacial score (nSPS) is 19.5. The van der Waals surface area contributed by atoms with E-state index in [0.717, 1.165) is 16.9 Å². The Labute approximate surface area is 191 Å². The highest BCUT2D eigenvalue weighted by molar-refractivity contribution is 7.89. The van der Waals surface area contributed by atoms with Crippen LogP contribution in [0.2, 0.25) is 0 Å². The largest absolute Gasteiger partial charge is 0.503 e. The van der Waals surface area contributed by atoms with Crippen molar-refractivity contribution in [3.63, 3.8) is 0 Å². The van der Waals surface area contributed by atoms with Crippen LogP contribution < -0.4 is 4.72 Å². The van der Waals surface area contributed by atoms with Crippen LogP contribution in [0.3, 0.4) is 0 Å². The van der Waals surface area contributed by atoms with E-state index in [0.29, 0.717) is 5.52 Å². The topological polar surface area (TPSA) is 132 Å². The van der Waals surface area contributed by atoms with Crippen molar-refractivity contribution in [2.75, 3.05) is 0 Å². The molecule has 9 heteroatoms. The first kappa shape index (κ1) is 22.5. The summed E-state index contributed by atoms with van der Waals surface area (Å²) in [5.74, 6) is 1.21. The maximum atomic E-state index is 13.0. The van der Waals surface area contributed by atoms with Crippen LogP contribution in [-0.4, -0.2) is 40.8 Å². The Kier molecular flexibility index (Phi) is 6.17. The van der Waals surface area contributed by atoms with E-state index in [1.54, 1.807) is 18.2 Å². The van der Waals surface area contributed by atoms with Gasteiger partial charge in [-0.2, -0.15) is 0 Å². The first-order valence-electron chi connectivity index (χ1n) is 10.3. The molecule has 8 nitrogen and oxygen atoms in total. The Bertz CT molecular complexity index is 1370. The van der Waals surface area contributed by atoms with E-state index in [1.807, 2.05) is 48.5 Å². The van der Waals surface area contributed by atoms with E-state index in [4.69, 9.17) is 15.0 Å². The first-order valence-corrected chi connectivity index (χ1v) is 11.8. The fraction of sp³-hybridized carbons (Fsp3) is 0.167. The van der Waals surface area contributed by atoms with E-state index >= 15 is 0 Å². The number of aromatic amines is 1. The Balaban J connectivity index is 0.000000601. The highest BCUT2D eigenvalue weighted by Gasteiger charge is 2.49. The minimum atomic E-state index is -3.62. The van der Waals surface area contributed by atoms with Crippen LogP contribution in [0.25, 0.3) is 22.4 Å². The molecule has 1 fully saturated rings. The molecule has 4 N–H and O–H groups in total. The lowest BCUT2D eigenvalue weighted by molar-refractivity contribution is 0.137. The summed E-state index contributed by atoms with van der Waals surface area (Å²) in [5.41, 5.74) is 3.58. The van der Waals surface area contributed by atoms with Gasteiger partial charge in [0.2, 0.25) is 10.0 Å². The van der Waals surface area contributed by atoms with Gasteiger partial charge in [0.25, 0.3) is 0 Å². The Morgan fingerprint density at radius 1 is 0.970 bits per heavy atom. The van der Waals surface area contributed by atoms with Crippen LogP contribution in [0, 0.1) is 5.92 Å². The van der Waals surface area contributed by atoms with Gasteiger partial charge in [-0.25, -0.2) is 22.9 Å². The average Bonchev–Trinajstić information content (AvgIpc) is 3.21. The van der Waals surface area contributed by atoms with E-state index in [1.165, 1.54) is 5.56 Å². The maximum Gasteiger partial charge on any atom is 0.503 e. The third-order valence-corrected chi connectivity index (χ3v) is 7.12. The molecule has 0 radical (unpaired) electrons. The number of rotatable bonds is 5. The molecule has 1 heterocycles. The number of fused-ring (bicyclic) bond motifs is 1. The van der Waals surface area contributed by atoms with Gasteiger partial charge in [0.1, 0.15) is 5.82 Å². The maximum absolute atomic E-state index is 13.0. The molecule has 1 aliphatic rings. The molecule has 0 unspecified atom stereocenters. The Hall–Kier alpha value is -3.69. The predicted molar refractivity (Wildman–Crippen MR) is 125 cm³/mol. The number of benzene rings is 3. The highest BCUT2D eigenvalue weighted by Crippen LogP contribution is 2.47. The van der Waals surface area contributed by atoms with Gasteiger partial charge in [-0.15, -0.1) is 0 Å². The smallest absolute Gasteiger partial charge is 0.450 e. The zero-order valence-corrected chi connectivity index (χ0v) is 18.5. The fourth-order valence-electron chi connectivity index (χ4n) is 3.97. The number of sulfonamides is 1. The quantitative estimate of drug-likeness (QED) is 0.342. The second-order valence-electron chi connectivity index (χ2n) is 7.86. The standard InChI is InChI=1S/C23H21N3O2S.CH2O3/c1-15-21(16-8-4-2-5-9-16)22(15)26-29(27,28)18-12-13-19-20(14-18)25-23(24-19)17-10-6-3-7-11-17;2-1(3)4/h2-15,21-22,26H,1H3,(H,24,25);(H2,2,3,4)/t15-,21-,22+;/m1./s1. The van der Waals surface area contributed by atoms with Crippen molar-refractivity contribution in [2.24, 2.45) is 5.92 Å². The number of carboxylic acid groups (broad SMARTS) is 2. The van der Waals surface area contributed by atoms with Crippen molar-refractivity contribution in [2.45, 2.75) is 23.8 Å². The van der Waals surface area contributed by atoms with E-state index in [2.05, 4.69) is 33.7 Å². The van der Waals surface area contributed by atoms with Crippen molar-refractivity contribution in [3.05, 3.63) is 84.4 Å². The summed E-state index contributed by atoms with van der Waals surface area (Å²) in [4.78, 5) is 16.6. The number of imidazole rings is 1. The molecular formula is C24H23N3O5S. The molecule has 0 aliphatic heterocycles. The molecule has 0 amide bonds. The molecule has 1 aromatic heterocycles. The zero-order valence-electron chi connectivity index (χ0n) is 17.7.